The highest BCUT2D eigenvalue weighted by Crippen LogP contribution is 2.21. The van der Waals surface area contributed by atoms with E-state index in [9.17, 15) is 0 Å². The molecule has 0 spiro atoms. The fraction of sp³-hybridized carbons (Fsp3) is 0.562. The first-order valence-corrected chi connectivity index (χ1v) is 7.42. The molecule has 1 aliphatic heterocycles. The summed E-state index contributed by atoms with van der Waals surface area (Å²) < 4.78 is 2.31. The summed E-state index contributed by atoms with van der Waals surface area (Å²) in [5.41, 5.74) is 2.51. The van der Waals surface area contributed by atoms with Gasteiger partial charge in [-0.05, 0) is 50.9 Å². The summed E-state index contributed by atoms with van der Waals surface area (Å²) in [6.45, 7) is 8.11. The van der Waals surface area contributed by atoms with E-state index in [-0.39, 0.29) is 0 Å². The molecular formula is C16H23N3. The monoisotopic (exact) mass is 257 g/mol. The minimum Gasteiger partial charge on any atom is -0.303 e. The third-order valence-electron chi connectivity index (χ3n) is 4.34. The normalized spacial score (nSPS) is 21.1. The van der Waals surface area contributed by atoms with E-state index in [1.165, 1.54) is 49.5 Å². The van der Waals surface area contributed by atoms with Crippen molar-refractivity contribution in [1.82, 2.24) is 14.3 Å². The lowest BCUT2D eigenvalue weighted by atomic mass is 9.94. The topological polar surface area (TPSA) is 20.5 Å². The molecular weight excluding hydrogens is 234 g/mol. The summed E-state index contributed by atoms with van der Waals surface area (Å²) in [6, 6.07) is 6.41. The number of fused-ring (bicyclic) bond motifs is 1. The zero-order chi connectivity index (χ0) is 13.2. The quantitative estimate of drug-likeness (QED) is 0.842. The van der Waals surface area contributed by atoms with E-state index >= 15 is 0 Å². The van der Waals surface area contributed by atoms with Crippen molar-refractivity contribution in [2.75, 3.05) is 19.6 Å². The van der Waals surface area contributed by atoms with Gasteiger partial charge >= 0.3 is 0 Å². The van der Waals surface area contributed by atoms with Gasteiger partial charge in [-0.3, -0.25) is 0 Å². The number of imidazole rings is 1. The number of nitrogens with zero attached hydrogens (tertiary/aromatic N) is 3. The van der Waals surface area contributed by atoms with Crippen molar-refractivity contribution < 1.29 is 0 Å². The fourth-order valence-electron chi connectivity index (χ4n) is 3.30. The summed E-state index contributed by atoms with van der Waals surface area (Å²) >= 11 is 0. The van der Waals surface area contributed by atoms with Crippen LogP contribution in [0.4, 0.5) is 0 Å². The smallest absolute Gasteiger partial charge is 0.113 e. The lowest BCUT2D eigenvalue weighted by molar-refractivity contribution is 0.180. The molecule has 1 atom stereocenters. The Labute approximate surface area is 115 Å². The third kappa shape index (κ3) is 2.52. The zero-order valence-electron chi connectivity index (χ0n) is 12.0. The molecule has 0 saturated carbocycles. The van der Waals surface area contributed by atoms with Gasteiger partial charge in [-0.25, -0.2) is 4.98 Å². The lowest BCUT2D eigenvalue weighted by Gasteiger charge is -2.31. The van der Waals surface area contributed by atoms with E-state index in [1.807, 2.05) is 6.20 Å². The summed E-state index contributed by atoms with van der Waals surface area (Å²) in [5, 5.41) is 0. The largest absolute Gasteiger partial charge is 0.303 e. The Morgan fingerprint density at radius 2 is 2.26 bits per heavy atom. The van der Waals surface area contributed by atoms with Crippen molar-refractivity contribution in [3.8, 4) is 0 Å². The van der Waals surface area contributed by atoms with Crippen LogP contribution in [0.2, 0.25) is 0 Å². The second-order valence-corrected chi connectivity index (χ2v) is 5.71. The van der Waals surface area contributed by atoms with Crippen LogP contribution in [0.3, 0.4) is 0 Å². The van der Waals surface area contributed by atoms with Crippen LogP contribution < -0.4 is 0 Å². The Bertz CT molecular complexity index is 558. The molecule has 0 aliphatic carbocycles. The lowest BCUT2D eigenvalue weighted by Crippen LogP contribution is -2.36. The van der Waals surface area contributed by atoms with Gasteiger partial charge in [0.1, 0.15) is 5.82 Å². The molecule has 1 unspecified atom stereocenters. The van der Waals surface area contributed by atoms with Crippen molar-refractivity contribution in [3.05, 3.63) is 35.9 Å². The molecule has 2 aromatic heterocycles. The summed E-state index contributed by atoms with van der Waals surface area (Å²) in [6.07, 6.45) is 5.79. The molecule has 19 heavy (non-hydrogen) atoms. The molecule has 1 aliphatic rings. The number of likely N-dealkylation sites (tertiary alicyclic amines) is 1. The first-order valence-electron chi connectivity index (χ1n) is 7.42. The second-order valence-electron chi connectivity index (χ2n) is 5.71. The summed E-state index contributed by atoms with van der Waals surface area (Å²) in [5.74, 6) is 2.00. The van der Waals surface area contributed by atoms with E-state index in [2.05, 4.69) is 46.3 Å². The number of hydrogen-bond acceptors (Lipinski definition) is 2. The first kappa shape index (κ1) is 12.7. The second kappa shape index (κ2) is 5.33. The zero-order valence-corrected chi connectivity index (χ0v) is 12.0. The minimum absolute atomic E-state index is 0.763. The van der Waals surface area contributed by atoms with Gasteiger partial charge in [-0.15, -0.1) is 0 Å². The van der Waals surface area contributed by atoms with Crippen LogP contribution in [0, 0.1) is 12.8 Å². The summed E-state index contributed by atoms with van der Waals surface area (Å²) in [4.78, 5) is 7.21. The van der Waals surface area contributed by atoms with Gasteiger partial charge < -0.3 is 9.30 Å². The van der Waals surface area contributed by atoms with Gasteiger partial charge in [0.05, 0.1) is 11.7 Å². The van der Waals surface area contributed by atoms with Crippen molar-refractivity contribution in [1.29, 1.82) is 0 Å². The molecule has 0 amide bonds. The van der Waals surface area contributed by atoms with Crippen LogP contribution in [0.15, 0.2) is 24.4 Å². The molecule has 102 valence electrons. The molecule has 3 heterocycles. The SMILES string of the molecule is CCN1CCCC(Cc2ncc3cccc(C)n23)C1. The third-order valence-corrected chi connectivity index (χ3v) is 4.34. The van der Waals surface area contributed by atoms with Gasteiger partial charge in [0.15, 0.2) is 0 Å². The fourth-order valence-corrected chi connectivity index (χ4v) is 3.30. The molecule has 3 nitrogen and oxygen atoms in total. The van der Waals surface area contributed by atoms with Crippen LogP contribution in [0.25, 0.3) is 5.52 Å². The van der Waals surface area contributed by atoms with Crippen LogP contribution in [-0.2, 0) is 6.42 Å². The number of aromatic nitrogens is 2. The van der Waals surface area contributed by atoms with E-state index in [4.69, 9.17) is 0 Å². The average Bonchev–Trinajstić information content (AvgIpc) is 2.84. The first-order chi connectivity index (χ1) is 9.28. The standard InChI is InChI=1S/C16H23N3/c1-3-18-9-5-7-14(12-18)10-16-17-11-15-8-4-6-13(2)19(15)16/h4,6,8,11,14H,3,5,7,9-10,12H2,1-2H3. The Kier molecular flexibility index (Phi) is 3.56. The Balaban J connectivity index is 1.81. The minimum atomic E-state index is 0.763. The predicted octanol–water partition coefficient (Wildman–Crippen LogP) is 2.92. The van der Waals surface area contributed by atoms with Crippen LogP contribution in [0.5, 0.6) is 0 Å². The van der Waals surface area contributed by atoms with Gasteiger partial charge in [0.25, 0.3) is 0 Å². The van der Waals surface area contributed by atoms with Gasteiger partial charge in [0.2, 0.25) is 0 Å². The summed E-state index contributed by atoms with van der Waals surface area (Å²) in [7, 11) is 0. The molecule has 1 fully saturated rings. The molecule has 2 aromatic rings. The molecule has 0 bridgehead atoms. The average molecular weight is 257 g/mol. The maximum atomic E-state index is 4.65. The number of rotatable bonds is 3. The highest BCUT2D eigenvalue weighted by atomic mass is 15.1. The predicted molar refractivity (Wildman–Crippen MR) is 78.5 cm³/mol. The Morgan fingerprint density at radius 3 is 3.11 bits per heavy atom. The van der Waals surface area contributed by atoms with Gasteiger partial charge in [-0.1, -0.05) is 13.0 Å². The Hall–Kier alpha value is -1.35. The van der Waals surface area contributed by atoms with Gasteiger partial charge in [-0.2, -0.15) is 0 Å². The van der Waals surface area contributed by atoms with Crippen molar-refractivity contribution in [3.63, 3.8) is 0 Å². The molecule has 0 aromatic carbocycles. The highest BCUT2D eigenvalue weighted by molar-refractivity contribution is 5.47. The van der Waals surface area contributed by atoms with Crippen molar-refractivity contribution in [2.45, 2.75) is 33.1 Å². The van der Waals surface area contributed by atoms with Crippen molar-refractivity contribution in [2.24, 2.45) is 5.92 Å². The number of hydrogen-bond donors (Lipinski definition) is 0. The molecule has 3 heteroatoms. The molecule has 1 saturated heterocycles. The van der Waals surface area contributed by atoms with Crippen LogP contribution in [-0.4, -0.2) is 33.9 Å². The number of aryl methyl sites for hydroxylation is 1. The number of piperidine rings is 1. The van der Waals surface area contributed by atoms with E-state index in [0.29, 0.717) is 0 Å². The maximum absolute atomic E-state index is 4.65. The molecule has 0 N–H and O–H groups in total. The van der Waals surface area contributed by atoms with E-state index < -0.39 is 0 Å². The molecule has 0 radical (unpaired) electrons. The van der Waals surface area contributed by atoms with Gasteiger partial charge in [0, 0.05) is 18.7 Å². The van der Waals surface area contributed by atoms with E-state index in [1.54, 1.807) is 0 Å². The number of pyridine rings is 1. The van der Waals surface area contributed by atoms with Crippen LogP contribution >= 0.6 is 0 Å². The highest BCUT2D eigenvalue weighted by Gasteiger charge is 2.20. The van der Waals surface area contributed by atoms with Crippen molar-refractivity contribution >= 4 is 5.52 Å². The maximum Gasteiger partial charge on any atom is 0.113 e. The molecule has 3 rings (SSSR count). The van der Waals surface area contributed by atoms with E-state index in [0.717, 1.165) is 12.3 Å². The Morgan fingerprint density at radius 1 is 1.37 bits per heavy atom. The van der Waals surface area contributed by atoms with Crippen LogP contribution in [0.1, 0.15) is 31.3 Å².